The highest BCUT2D eigenvalue weighted by molar-refractivity contribution is 6.38. The SMILES string of the molecule is Cc1c(Cl)ccc(C(=O)c2ccccc2)c1Cl. The first-order valence-corrected chi connectivity index (χ1v) is 5.91. The summed E-state index contributed by atoms with van der Waals surface area (Å²) in [5.41, 5.74) is 1.84. The molecule has 0 aromatic heterocycles. The Balaban J connectivity index is 2.49. The van der Waals surface area contributed by atoms with Crippen LogP contribution in [0, 0.1) is 6.92 Å². The number of carbonyl (C=O) groups excluding carboxylic acids is 1. The number of benzene rings is 2. The maximum Gasteiger partial charge on any atom is 0.194 e. The van der Waals surface area contributed by atoms with Gasteiger partial charge in [0, 0.05) is 16.1 Å². The van der Waals surface area contributed by atoms with E-state index in [-0.39, 0.29) is 5.78 Å². The highest BCUT2D eigenvalue weighted by atomic mass is 35.5. The zero-order chi connectivity index (χ0) is 12.4. The van der Waals surface area contributed by atoms with E-state index in [1.165, 1.54) is 0 Å². The van der Waals surface area contributed by atoms with E-state index in [9.17, 15) is 4.79 Å². The maximum atomic E-state index is 12.2. The Morgan fingerprint density at radius 1 is 1.00 bits per heavy atom. The van der Waals surface area contributed by atoms with Crippen molar-refractivity contribution in [2.24, 2.45) is 0 Å². The summed E-state index contributed by atoms with van der Waals surface area (Å²) in [5, 5.41) is 0.992. The van der Waals surface area contributed by atoms with Crippen molar-refractivity contribution in [1.29, 1.82) is 0 Å². The van der Waals surface area contributed by atoms with Crippen molar-refractivity contribution < 1.29 is 4.79 Å². The van der Waals surface area contributed by atoms with Gasteiger partial charge in [0.25, 0.3) is 0 Å². The summed E-state index contributed by atoms with van der Waals surface area (Å²) in [4.78, 5) is 12.2. The monoisotopic (exact) mass is 264 g/mol. The molecular formula is C14H10Cl2O. The van der Waals surface area contributed by atoms with Gasteiger partial charge in [0.1, 0.15) is 0 Å². The number of halogens is 2. The molecule has 0 radical (unpaired) electrons. The van der Waals surface area contributed by atoms with Crippen molar-refractivity contribution in [1.82, 2.24) is 0 Å². The first-order valence-electron chi connectivity index (χ1n) is 5.15. The lowest BCUT2D eigenvalue weighted by molar-refractivity contribution is 0.103. The predicted octanol–water partition coefficient (Wildman–Crippen LogP) is 4.53. The van der Waals surface area contributed by atoms with Crippen molar-refractivity contribution in [3.63, 3.8) is 0 Å². The molecule has 0 aliphatic carbocycles. The van der Waals surface area contributed by atoms with E-state index in [0.717, 1.165) is 5.56 Å². The van der Waals surface area contributed by atoms with Crippen LogP contribution < -0.4 is 0 Å². The molecule has 0 fully saturated rings. The lowest BCUT2D eigenvalue weighted by atomic mass is 10.0. The molecule has 2 aromatic rings. The second-order valence-corrected chi connectivity index (χ2v) is 4.51. The van der Waals surface area contributed by atoms with Crippen molar-refractivity contribution >= 4 is 29.0 Å². The van der Waals surface area contributed by atoms with Crippen LogP contribution in [0.3, 0.4) is 0 Å². The van der Waals surface area contributed by atoms with Gasteiger partial charge in [-0.05, 0) is 24.6 Å². The summed E-state index contributed by atoms with van der Waals surface area (Å²) < 4.78 is 0. The number of carbonyl (C=O) groups is 1. The lowest BCUT2D eigenvalue weighted by Crippen LogP contribution is -2.02. The van der Waals surface area contributed by atoms with E-state index < -0.39 is 0 Å². The fourth-order valence-electron chi connectivity index (χ4n) is 1.58. The van der Waals surface area contributed by atoms with Crippen LogP contribution in [0.15, 0.2) is 42.5 Å². The fraction of sp³-hybridized carbons (Fsp3) is 0.0714. The second kappa shape index (κ2) is 4.91. The minimum absolute atomic E-state index is 0.0876. The summed E-state index contributed by atoms with van der Waals surface area (Å²) in [6, 6.07) is 12.4. The van der Waals surface area contributed by atoms with E-state index in [1.54, 1.807) is 31.2 Å². The third kappa shape index (κ3) is 2.36. The molecule has 0 saturated heterocycles. The topological polar surface area (TPSA) is 17.1 Å². The van der Waals surface area contributed by atoms with Crippen LogP contribution in [-0.4, -0.2) is 5.78 Å². The van der Waals surface area contributed by atoms with Gasteiger partial charge in [-0.1, -0.05) is 53.5 Å². The molecule has 0 N–H and O–H groups in total. The molecule has 0 unspecified atom stereocenters. The number of hydrogen-bond donors (Lipinski definition) is 0. The summed E-state index contributed by atoms with van der Waals surface area (Å²) in [7, 11) is 0. The third-order valence-electron chi connectivity index (χ3n) is 2.60. The highest BCUT2D eigenvalue weighted by Gasteiger charge is 2.15. The molecule has 17 heavy (non-hydrogen) atoms. The predicted molar refractivity (Wildman–Crippen MR) is 71.1 cm³/mol. The second-order valence-electron chi connectivity index (χ2n) is 3.73. The molecule has 0 aliphatic rings. The zero-order valence-electron chi connectivity index (χ0n) is 9.21. The molecule has 86 valence electrons. The molecule has 0 saturated carbocycles. The standard InChI is InChI=1S/C14H10Cl2O/c1-9-12(15)8-7-11(13(9)16)14(17)10-5-3-2-4-6-10/h2-8H,1H3. The number of hydrogen-bond acceptors (Lipinski definition) is 1. The van der Waals surface area contributed by atoms with E-state index in [1.807, 2.05) is 18.2 Å². The molecule has 1 nitrogen and oxygen atoms in total. The molecule has 0 amide bonds. The largest absolute Gasteiger partial charge is 0.289 e. The van der Waals surface area contributed by atoms with Crippen molar-refractivity contribution in [3.8, 4) is 0 Å². The van der Waals surface area contributed by atoms with Crippen molar-refractivity contribution in [2.45, 2.75) is 6.92 Å². The molecule has 0 aliphatic heterocycles. The van der Waals surface area contributed by atoms with Crippen LogP contribution in [0.1, 0.15) is 21.5 Å². The third-order valence-corrected chi connectivity index (χ3v) is 3.50. The Labute approximate surface area is 110 Å². The van der Waals surface area contributed by atoms with Gasteiger partial charge in [0.15, 0.2) is 5.78 Å². The molecule has 0 atom stereocenters. The Morgan fingerprint density at radius 2 is 1.65 bits per heavy atom. The van der Waals surface area contributed by atoms with Gasteiger partial charge in [-0.3, -0.25) is 4.79 Å². The van der Waals surface area contributed by atoms with Gasteiger partial charge >= 0.3 is 0 Å². The minimum atomic E-state index is -0.0876. The number of rotatable bonds is 2. The van der Waals surface area contributed by atoms with E-state index in [2.05, 4.69) is 0 Å². The van der Waals surface area contributed by atoms with Crippen LogP contribution >= 0.6 is 23.2 Å². The average Bonchev–Trinajstić information content (AvgIpc) is 2.36. The Morgan fingerprint density at radius 3 is 2.29 bits per heavy atom. The molecule has 2 rings (SSSR count). The van der Waals surface area contributed by atoms with Gasteiger partial charge in [0.2, 0.25) is 0 Å². The van der Waals surface area contributed by atoms with Gasteiger partial charge in [0.05, 0.1) is 5.02 Å². The van der Waals surface area contributed by atoms with Crippen LogP contribution in [0.2, 0.25) is 10.0 Å². The average molecular weight is 265 g/mol. The lowest BCUT2D eigenvalue weighted by Gasteiger charge is -2.07. The molecule has 0 spiro atoms. The maximum absolute atomic E-state index is 12.2. The van der Waals surface area contributed by atoms with Gasteiger partial charge in [-0.25, -0.2) is 0 Å². The minimum Gasteiger partial charge on any atom is -0.289 e. The smallest absolute Gasteiger partial charge is 0.194 e. The van der Waals surface area contributed by atoms with Crippen LogP contribution in [0.4, 0.5) is 0 Å². The molecule has 0 heterocycles. The molecule has 0 bridgehead atoms. The Hall–Kier alpha value is -1.31. The normalized spacial score (nSPS) is 10.3. The summed E-state index contributed by atoms with van der Waals surface area (Å²) >= 11 is 12.1. The Bertz CT molecular complexity index is 562. The van der Waals surface area contributed by atoms with Gasteiger partial charge in [-0.15, -0.1) is 0 Å². The molecule has 3 heteroatoms. The highest BCUT2D eigenvalue weighted by Crippen LogP contribution is 2.28. The van der Waals surface area contributed by atoms with Crippen molar-refractivity contribution in [3.05, 3.63) is 69.2 Å². The van der Waals surface area contributed by atoms with Gasteiger partial charge in [-0.2, -0.15) is 0 Å². The summed E-state index contributed by atoms with van der Waals surface area (Å²) in [6.45, 7) is 1.80. The van der Waals surface area contributed by atoms with Crippen LogP contribution in [0.25, 0.3) is 0 Å². The van der Waals surface area contributed by atoms with E-state index in [0.29, 0.717) is 21.2 Å². The van der Waals surface area contributed by atoms with Gasteiger partial charge < -0.3 is 0 Å². The summed E-state index contributed by atoms with van der Waals surface area (Å²) in [5.74, 6) is -0.0876. The first-order chi connectivity index (χ1) is 8.11. The van der Waals surface area contributed by atoms with Crippen molar-refractivity contribution in [2.75, 3.05) is 0 Å². The number of ketones is 1. The Kier molecular flexibility index (Phi) is 3.51. The van der Waals surface area contributed by atoms with Crippen LogP contribution in [0.5, 0.6) is 0 Å². The fourth-order valence-corrected chi connectivity index (χ4v) is 2.04. The molecular weight excluding hydrogens is 255 g/mol. The molecule has 2 aromatic carbocycles. The quantitative estimate of drug-likeness (QED) is 0.729. The zero-order valence-corrected chi connectivity index (χ0v) is 10.7. The van der Waals surface area contributed by atoms with E-state index >= 15 is 0 Å². The van der Waals surface area contributed by atoms with E-state index in [4.69, 9.17) is 23.2 Å². The summed E-state index contributed by atoms with van der Waals surface area (Å²) in [6.07, 6.45) is 0. The first kappa shape index (κ1) is 12.2. The van der Waals surface area contributed by atoms with Crippen LogP contribution in [-0.2, 0) is 0 Å².